The average Bonchev–Trinajstić information content (AvgIpc) is 2.52. The summed E-state index contributed by atoms with van der Waals surface area (Å²) < 4.78 is 23.6. The Morgan fingerprint density at radius 3 is 2.93 bits per heavy atom. The molecule has 2 rings (SSSR count). The van der Waals surface area contributed by atoms with Crippen LogP contribution >= 0.6 is 11.6 Å². The topological polar surface area (TPSA) is 38.7 Å². The molecule has 14 heavy (non-hydrogen) atoms. The van der Waals surface area contributed by atoms with E-state index in [0.29, 0.717) is 5.75 Å². The van der Waals surface area contributed by atoms with E-state index >= 15 is 0 Å². The first-order valence-corrected chi connectivity index (χ1v) is 4.44. The number of fused-ring (bicyclic) bond motifs is 1. The molecule has 0 bridgehead atoms. The maximum absolute atomic E-state index is 13.5. The molecule has 3 nitrogen and oxygen atoms in total. The summed E-state index contributed by atoms with van der Waals surface area (Å²) >= 11 is 5.62. The normalized spacial score (nSPS) is 15.7. The van der Waals surface area contributed by atoms with Crippen LogP contribution in [0, 0.1) is 5.82 Å². The number of ether oxygens (including phenoxy) is 2. The molecule has 1 aliphatic rings. The molecule has 5 heteroatoms. The van der Waals surface area contributed by atoms with Crippen molar-refractivity contribution in [1.29, 1.82) is 0 Å². The van der Waals surface area contributed by atoms with Gasteiger partial charge >= 0.3 is 0 Å². The standard InChI is InChI=1S/C9H8ClFO3/c1-4(12)7-8(11)5(10)2-6-9(7)14-3-13-6/h2,4,12H,3H2,1H3. The van der Waals surface area contributed by atoms with Gasteiger partial charge in [-0.05, 0) is 6.92 Å². The van der Waals surface area contributed by atoms with Gasteiger partial charge in [-0.25, -0.2) is 4.39 Å². The van der Waals surface area contributed by atoms with Gasteiger partial charge in [-0.2, -0.15) is 0 Å². The summed E-state index contributed by atoms with van der Waals surface area (Å²) in [4.78, 5) is 0. The van der Waals surface area contributed by atoms with E-state index in [1.165, 1.54) is 13.0 Å². The lowest BCUT2D eigenvalue weighted by Crippen LogP contribution is -2.00. The van der Waals surface area contributed by atoms with E-state index in [1.54, 1.807) is 0 Å². The lowest BCUT2D eigenvalue weighted by molar-refractivity contribution is 0.162. The molecule has 0 saturated carbocycles. The van der Waals surface area contributed by atoms with Crippen LogP contribution in [0.4, 0.5) is 4.39 Å². The largest absolute Gasteiger partial charge is 0.454 e. The fourth-order valence-electron chi connectivity index (χ4n) is 1.39. The SMILES string of the molecule is CC(O)c1c(F)c(Cl)cc2c1OCO2. The van der Waals surface area contributed by atoms with Crippen LogP contribution in [0.2, 0.25) is 5.02 Å². The number of aliphatic hydroxyl groups is 1. The molecular formula is C9H8ClFO3. The van der Waals surface area contributed by atoms with E-state index in [0.717, 1.165) is 0 Å². The van der Waals surface area contributed by atoms with Gasteiger partial charge in [0.2, 0.25) is 6.79 Å². The van der Waals surface area contributed by atoms with E-state index < -0.39 is 11.9 Å². The van der Waals surface area contributed by atoms with Crippen LogP contribution in [0.3, 0.4) is 0 Å². The molecule has 1 unspecified atom stereocenters. The summed E-state index contributed by atoms with van der Waals surface area (Å²) in [6.45, 7) is 1.46. The van der Waals surface area contributed by atoms with Gasteiger partial charge in [-0.3, -0.25) is 0 Å². The lowest BCUT2D eigenvalue weighted by Gasteiger charge is -2.10. The van der Waals surface area contributed by atoms with Gasteiger partial charge < -0.3 is 14.6 Å². The first-order valence-electron chi connectivity index (χ1n) is 4.07. The summed E-state index contributed by atoms with van der Waals surface area (Å²) in [6, 6.07) is 1.34. The molecule has 1 N–H and O–H groups in total. The summed E-state index contributed by atoms with van der Waals surface area (Å²) in [7, 11) is 0. The Labute approximate surface area is 85.0 Å². The number of aliphatic hydroxyl groups excluding tert-OH is 1. The Hall–Kier alpha value is -1.00. The molecule has 0 fully saturated rings. The maximum Gasteiger partial charge on any atom is 0.231 e. The van der Waals surface area contributed by atoms with Gasteiger partial charge in [-0.1, -0.05) is 11.6 Å². The van der Waals surface area contributed by atoms with Crippen molar-refractivity contribution < 1.29 is 19.0 Å². The number of halogens is 2. The second-order valence-electron chi connectivity index (χ2n) is 3.00. The zero-order valence-corrected chi connectivity index (χ0v) is 8.14. The molecule has 0 radical (unpaired) electrons. The van der Waals surface area contributed by atoms with Gasteiger partial charge in [-0.15, -0.1) is 0 Å². The minimum atomic E-state index is -0.982. The fourth-order valence-corrected chi connectivity index (χ4v) is 1.59. The Morgan fingerprint density at radius 2 is 2.29 bits per heavy atom. The van der Waals surface area contributed by atoms with Gasteiger partial charge in [0.05, 0.1) is 16.7 Å². The molecule has 1 aromatic rings. The molecule has 1 heterocycles. The molecule has 1 atom stereocenters. The van der Waals surface area contributed by atoms with Gasteiger partial charge in [0.15, 0.2) is 17.3 Å². The summed E-state index contributed by atoms with van der Waals surface area (Å²) in [6.07, 6.45) is -0.982. The van der Waals surface area contributed by atoms with Crippen LogP contribution in [0.1, 0.15) is 18.6 Å². The number of hydrogen-bond donors (Lipinski definition) is 1. The number of benzene rings is 1. The minimum absolute atomic E-state index is 0.0227. The Kier molecular flexibility index (Phi) is 2.25. The highest BCUT2D eigenvalue weighted by Gasteiger charge is 2.26. The number of rotatable bonds is 1. The first-order chi connectivity index (χ1) is 6.61. The van der Waals surface area contributed by atoms with Crippen molar-refractivity contribution in [3.05, 3.63) is 22.5 Å². The van der Waals surface area contributed by atoms with Gasteiger partial charge in [0.1, 0.15) is 0 Å². The third-order valence-electron chi connectivity index (χ3n) is 2.01. The van der Waals surface area contributed by atoms with E-state index in [2.05, 4.69) is 0 Å². The highest BCUT2D eigenvalue weighted by Crippen LogP contribution is 2.43. The van der Waals surface area contributed by atoms with Crippen molar-refractivity contribution in [2.75, 3.05) is 6.79 Å². The lowest BCUT2D eigenvalue weighted by atomic mass is 10.1. The predicted octanol–water partition coefficient (Wildman–Crippen LogP) is 2.26. The quantitative estimate of drug-likeness (QED) is 0.786. The highest BCUT2D eigenvalue weighted by molar-refractivity contribution is 6.31. The third kappa shape index (κ3) is 1.31. The van der Waals surface area contributed by atoms with E-state index in [-0.39, 0.29) is 23.1 Å². The van der Waals surface area contributed by atoms with Crippen LogP contribution in [-0.2, 0) is 0 Å². The zero-order chi connectivity index (χ0) is 10.3. The summed E-state index contributed by atoms with van der Waals surface area (Å²) in [5.74, 6) is -0.0554. The maximum atomic E-state index is 13.5. The molecular weight excluding hydrogens is 211 g/mol. The van der Waals surface area contributed by atoms with Crippen molar-refractivity contribution in [1.82, 2.24) is 0 Å². The molecule has 0 amide bonds. The molecule has 0 aromatic heterocycles. The second kappa shape index (κ2) is 3.29. The van der Waals surface area contributed by atoms with Crippen molar-refractivity contribution in [2.24, 2.45) is 0 Å². The van der Waals surface area contributed by atoms with Crippen molar-refractivity contribution in [3.63, 3.8) is 0 Å². The Morgan fingerprint density at radius 1 is 1.57 bits per heavy atom. The van der Waals surface area contributed by atoms with E-state index in [1.807, 2.05) is 0 Å². The molecule has 1 aliphatic heterocycles. The van der Waals surface area contributed by atoms with E-state index in [4.69, 9.17) is 21.1 Å². The fraction of sp³-hybridized carbons (Fsp3) is 0.333. The Balaban J connectivity index is 2.66. The van der Waals surface area contributed by atoms with Crippen LogP contribution < -0.4 is 9.47 Å². The van der Waals surface area contributed by atoms with Crippen LogP contribution in [0.25, 0.3) is 0 Å². The zero-order valence-electron chi connectivity index (χ0n) is 7.38. The van der Waals surface area contributed by atoms with Crippen LogP contribution in [-0.4, -0.2) is 11.9 Å². The predicted molar refractivity (Wildman–Crippen MR) is 48.2 cm³/mol. The molecule has 76 valence electrons. The van der Waals surface area contributed by atoms with Crippen molar-refractivity contribution in [2.45, 2.75) is 13.0 Å². The van der Waals surface area contributed by atoms with Crippen LogP contribution in [0.5, 0.6) is 11.5 Å². The van der Waals surface area contributed by atoms with Crippen molar-refractivity contribution >= 4 is 11.6 Å². The van der Waals surface area contributed by atoms with Crippen molar-refractivity contribution in [3.8, 4) is 11.5 Å². The summed E-state index contributed by atoms with van der Waals surface area (Å²) in [5, 5.41) is 9.28. The molecule has 0 spiro atoms. The smallest absolute Gasteiger partial charge is 0.231 e. The Bertz CT molecular complexity index is 379. The first kappa shape index (κ1) is 9.55. The van der Waals surface area contributed by atoms with Gasteiger partial charge in [0, 0.05) is 6.07 Å². The molecule has 0 aliphatic carbocycles. The molecule has 0 saturated heterocycles. The average molecular weight is 219 g/mol. The number of hydrogen-bond acceptors (Lipinski definition) is 3. The monoisotopic (exact) mass is 218 g/mol. The highest BCUT2D eigenvalue weighted by atomic mass is 35.5. The molecule has 1 aromatic carbocycles. The van der Waals surface area contributed by atoms with Gasteiger partial charge in [0.25, 0.3) is 0 Å². The van der Waals surface area contributed by atoms with Crippen LogP contribution in [0.15, 0.2) is 6.07 Å². The minimum Gasteiger partial charge on any atom is -0.454 e. The van der Waals surface area contributed by atoms with E-state index in [9.17, 15) is 9.50 Å². The summed E-state index contributed by atoms with van der Waals surface area (Å²) in [5.41, 5.74) is 0.0463. The third-order valence-corrected chi connectivity index (χ3v) is 2.28. The second-order valence-corrected chi connectivity index (χ2v) is 3.40.